The van der Waals surface area contributed by atoms with Crippen molar-refractivity contribution in [2.45, 2.75) is 63.1 Å². The molecular weight excluding hydrogens is 492 g/mol. The Kier molecular flexibility index (Phi) is 8.13. The van der Waals surface area contributed by atoms with Crippen LogP contribution in [0.15, 0.2) is 41.3 Å². The molecule has 2 N–H and O–H groups in total. The molecule has 9 nitrogen and oxygen atoms in total. The molecule has 0 bridgehead atoms. The highest BCUT2D eigenvalue weighted by molar-refractivity contribution is 6.71. The standard InChI is InChI=1S/C27H38N2O7Si/c1-17-25(35-3)20-14-18(29-13-7-9-22(34-2)27(29)32)10-11-21(20)36-26(17)23(37(4,5)33)15-24(31)28-12-6-8-19(28)16-30/h7,9-11,13-14,17,19,23,25-26,30,33H,6,8,12,15-16H2,1-5H3/t17-,19-,23?,25-,26-/m0/s1. The second-order valence-electron chi connectivity index (χ2n) is 10.6. The third-order valence-corrected chi connectivity index (χ3v) is 10.2. The molecule has 0 spiro atoms. The molecule has 0 aliphatic carbocycles. The van der Waals surface area contributed by atoms with Crippen LogP contribution in [0.4, 0.5) is 0 Å². The summed E-state index contributed by atoms with van der Waals surface area (Å²) in [7, 11) is 0.241. The molecule has 2 aromatic rings. The molecule has 2 aliphatic heterocycles. The van der Waals surface area contributed by atoms with Crippen molar-refractivity contribution in [2.75, 3.05) is 27.4 Å². The van der Waals surface area contributed by atoms with Crippen molar-refractivity contribution >= 4 is 14.2 Å². The van der Waals surface area contributed by atoms with Gasteiger partial charge in [-0.05, 0) is 56.3 Å². The Morgan fingerprint density at radius 3 is 2.68 bits per heavy atom. The summed E-state index contributed by atoms with van der Waals surface area (Å²) in [5.41, 5.74) is 0.824. The van der Waals surface area contributed by atoms with Crippen molar-refractivity contribution in [1.82, 2.24) is 9.47 Å². The number of benzene rings is 1. The van der Waals surface area contributed by atoms with E-state index in [4.69, 9.17) is 14.2 Å². The Balaban J connectivity index is 1.67. The van der Waals surface area contributed by atoms with Crippen LogP contribution in [-0.2, 0) is 9.53 Å². The first-order valence-electron chi connectivity index (χ1n) is 12.8. The molecular formula is C27H38N2O7Si. The van der Waals surface area contributed by atoms with E-state index in [1.165, 1.54) is 11.7 Å². The summed E-state index contributed by atoms with van der Waals surface area (Å²) < 4.78 is 19.2. The van der Waals surface area contributed by atoms with Crippen LogP contribution >= 0.6 is 0 Å². The highest BCUT2D eigenvalue weighted by Crippen LogP contribution is 2.47. The SMILES string of the molecule is COc1cccn(-c2ccc3c(c2)[C@@H](OC)[C@H](C)[C@@H](C(CC(=O)N2CCC[C@H]2CO)[Si](C)(C)O)O3)c1=O. The van der Waals surface area contributed by atoms with Gasteiger partial charge in [0.2, 0.25) is 5.91 Å². The number of aromatic nitrogens is 1. The van der Waals surface area contributed by atoms with Gasteiger partial charge in [-0.15, -0.1) is 0 Å². The minimum absolute atomic E-state index is 0.0511. The van der Waals surface area contributed by atoms with Crippen molar-refractivity contribution in [3.05, 3.63) is 52.4 Å². The largest absolute Gasteiger partial charge is 0.491 e. The number of nitrogens with zero attached hydrogens (tertiary/aromatic N) is 2. The van der Waals surface area contributed by atoms with Crippen LogP contribution in [0.1, 0.15) is 37.9 Å². The van der Waals surface area contributed by atoms with Crippen molar-refractivity contribution in [2.24, 2.45) is 5.92 Å². The number of carbonyl (C=O) groups excluding carboxylic acids is 1. The molecule has 4 rings (SSSR count). The molecule has 1 amide bonds. The topological polar surface area (TPSA) is 110 Å². The van der Waals surface area contributed by atoms with Crippen LogP contribution in [0.25, 0.3) is 5.69 Å². The number of hydrogen-bond acceptors (Lipinski definition) is 7. The van der Waals surface area contributed by atoms with E-state index in [0.29, 0.717) is 18.0 Å². The van der Waals surface area contributed by atoms with Gasteiger partial charge in [-0.2, -0.15) is 0 Å². The normalized spacial score (nSPS) is 24.4. The highest BCUT2D eigenvalue weighted by Gasteiger charge is 2.48. The molecule has 0 radical (unpaired) electrons. The van der Waals surface area contributed by atoms with Crippen molar-refractivity contribution in [1.29, 1.82) is 0 Å². The van der Waals surface area contributed by atoms with Gasteiger partial charge < -0.3 is 29.0 Å². The van der Waals surface area contributed by atoms with E-state index in [-0.39, 0.29) is 53.8 Å². The lowest BCUT2D eigenvalue weighted by atomic mass is 9.86. The van der Waals surface area contributed by atoms with Gasteiger partial charge in [-0.25, -0.2) is 0 Å². The lowest BCUT2D eigenvalue weighted by molar-refractivity contribution is -0.133. The average molecular weight is 531 g/mol. The predicted molar refractivity (Wildman–Crippen MR) is 142 cm³/mol. The number of carbonyl (C=O) groups is 1. The Morgan fingerprint density at radius 2 is 2.03 bits per heavy atom. The third-order valence-electron chi connectivity index (χ3n) is 7.83. The van der Waals surface area contributed by atoms with E-state index in [2.05, 4.69) is 0 Å². The summed E-state index contributed by atoms with van der Waals surface area (Å²) in [6, 6.07) is 8.71. The van der Waals surface area contributed by atoms with Crippen molar-refractivity contribution < 1.29 is 28.9 Å². The van der Waals surface area contributed by atoms with Gasteiger partial charge in [-0.1, -0.05) is 6.92 Å². The zero-order valence-corrected chi connectivity index (χ0v) is 23.2. The number of ether oxygens (including phenoxy) is 3. The van der Waals surface area contributed by atoms with Gasteiger partial charge in [0.1, 0.15) is 11.9 Å². The molecule has 202 valence electrons. The lowest BCUT2D eigenvalue weighted by Gasteiger charge is -2.44. The molecule has 2 aliphatic rings. The lowest BCUT2D eigenvalue weighted by Crippen LogP contribution is -2.50. The molecule has 5 atom stereocenters. The van der Waals surface area contributed by atoms with Gasteiger partial charge in [0.25, 0.3) is 5.56 Å². The number of pyridine rings is 1. The molecule has 1 fully saturated rings. The maximum atomic E-state index is 13.3. The van der Waals surface area contributed by atoms with Crippen molar-refractivity contribution in [3.63, 3.8) is 0 Å². The first-order chi connectivity index (χ1) is 17.6. The smallest absolute Gasteiger partial charge is 0.297 e. The maximum Gasteiger partial charge on any atom is 0.297 e. The minimum atomic E-state index is -2.86. The fourth-order valence-electron chi connectivity index (χ4n) is 5.78. The van der Waals surface area contributed by atoms with E-state index in [1.54, 1.807) is 36.4 Å². The second kappa shape index (κ2) is 11.0. The van der Waals surface area contributed by atoms with E-state index < -0.39 is 14.4 Å². The molecule has 1 saturated heterocycles. The summed E-state index contributed by atoms with van der Waals surface area (Å²) in [6.45, 7) is 6.26. The number of rotatable bonds is 8. The summed E-state index contributed by atoms with van der Waals surface area (Å²) in [5.74, 6) is 0.634. The van der Waals surface area contributed by atoms with E-state index in [9.17, 15) is 19.5 Å². The van der Waals surface area contributed by atoms with E-state index in [1.807, 2.05) is 32.2 Å². The van der Waals surface area contributed by atoms with Crippen LogP contribution < -0.4 is 15.0 Å². The van der Waals surface area contributed by atoms with Crippen LogP contribution in [0.5, 0.6) is 11.5 Å². The van der Waals surface area contributed by atoms with E-state index >= 15 is 0 Å². The first-order valence-corrected chi connectivity index (χ1v) is 15.8. The molecule has 1 unspecified atom stereocenters. The zero-order chi connectivity index (χ0) is 26.9. The number of likely N-dealkylation sites (tertiary alicyclic amines) is 1. The van der Waals surface area contributed by atoms with Crippen LogP contribution in [0.3, 0.4) is 0 Å². The minimum Gasteiger partial charge on any atom is -0.491 e. The number of hydrogen-bond donors (Lipinski definition) is 2. The summed E-state index contributed by atoms with van der Waals surface area (Å²) >= 11 is 0. The zero-order valence-electron chi connectivity index (χ0n) is 22.2. The Labute approximate surface area is 218 Å². The molecule has 1 aromatic heterocycles. The van der Waals surface area contributed by atoms with Gasteiger partial charge in [0.05, 0.1) is 25.9 Å². The summed E-state index contributed by atoms with van der Waals surface area (Å²) in [6.07, 6.45) is 2.71. The van der Waals surface area contributed by atoms with Gasteiger partial charge in [-0.3, -0.25) is 14.2 Å². The number of aliphatic hydroxyl groups is 1. The highest BCUT2D eigenvalue weighted by atomic mass is 28.4. The Hall–Kier alpha value is -2.66. The summed E-state index contributed by atoms with van der Waals surface area (Å²) in [4.78, 5) is 39.1. The van der Waals surface area contributed by atoms with Crippen molar-refractivity contribution in [3.8, 4) is 17.2 Å². The van der Waals surface area contributed by atoms with Gasteiger partial charge >= 0.3 is 0 Å². The number of methoxy groups -OCH3 is 2. The average Bonchev–Trinajstić information content (AvgIpc) is 3.35. The number of aliphatic hydroxyl groups excluding tert-OH is 1. The predicted octanol–water partition coefficient (Wildman–Crippen LogP) is 2.87. The summed E-state index contributed by atoms with van der Waals surface area (Å²) in [5, 5.41) is 9.69. The Morgan fingerprint density at radius 1 is 1.27 bits per heavy atom. The maximum absolute atomic E-state index is 13.3. The number of fused-ring (bicyclic) bond motifs is 1. The monoisotopic (exact) mass is 530 g/mol. The Bertz CT molecular complexity index is 1180. The molecule has 10 heteroatoms. The molecule has 1 aromatic carbocycles. The molecule has 37 heavy (non-hydrogen) atoms. The fraction of sp³-hybridized carbons (Fsp3) is 0.556. The van der Waals surface area contributed by atoms with Crippen LogP contribution in [0.2, 0.25) is 18.6 Å². The van der Waals surface area contributed by atoms with Gasteiger partial charge in [0, 0.05) is 49.0 Å². The molecule has 3 heterocycles. The molecule has 0 saturated carbocycles. The fourth-order valence-corrected chi connectivity index (χ4v) is 7.62. The number of amides is 1. The second-order valence-corrected chi connectivity index (χ2v) is 14.7. The third kappa shape index (κ3) is 5.33. The van der Waals surface area contributed by atoms with Crippen LogP contribution in [-0.4, -0.2) is 73.1 Å². The van der Waals surface area contributed by atoms with E-state index in [0.717, 1.165) is 18.4 Å². The van der Waals surface area contributed by atoms with Crippen LogP contribution in [0, 0.1) is 5.92 Å². The first kappa shape index (κ1) is 27.4. The quantitative estimate of drug-likeness (QED) is 0.505. The van der Waals surface area contributed by atoms with Gasteiger partial charge in [0.15, 0.2) is 14.1 Å².